The van der Waals surface area contributed by atoms with E-state index in [0.717, 1.165) is 5.56 Å². The fourth-order valence-corrected chi connectivity index (χ4v) is 3.52. The zero-order valence-electron chi connectivity index (χ0n) is 15.9. The van der Waals surface area contributed by atoms with Crippen LogP contribution in [0.2, 0.25) is 0 Å². The Labute approximate surface area is 198 Å². The predicted molar refractivity (Wildman–Crippen MR) is 133 cm³/mol. The van der Waals surface area contributed by atoms with E-state index in [1.807, 2.05) is 0 Å². The summed E-state index contributed by atoms with van der Waals surface area (Å²) in [7, 11) is 1.48. The Hall–Kier alpha value is -0.850. The number of carbonyl (C=O) groups excluding carboxylic acids is 2. The maximum absolute atomic E-state index is 12.4. The molecule has 1 saturated heterocycles. The van der Waals surface area contributed by atoms with E-state index >= 15 is 0 Å². The van der Waals surface area contributed by atoms with Crippen molar-refractivity contribution < 1.29 is 24.6 Å². The van der Waals surface area contributed by atoms with Crippen LogP contribution in [0, 0.1) is 11.8 Å². The molecule has 2 amide bonds. The highest BCUT2D eigenvalue weighted by molar-refractivity contribution is 15.0. The van der Waals surface area contributed by atoms with E-state index in [4.69, 9.17) is 15.1 Å². The summed E-state index contributed by atoms with van der Waals surface area (Å²) in [5, 5.41) is 20.3. The molecular weight excluding hydrogens is 622 g/mol. The Morgan fingerprint density at radius 2 is 1.90 bits per heavy atom. The van der Waals surface area contributed by atoms with Crippen molar-refractivity contribution >= 4 is 60.8 Å². The first-order chi connectivity index (χ1) is 14.1. The topological polar surface area (TPSA) is 108 Å². The zero-order chi connectivity index (χ0) is 22.3. The molecule has 1 fully saturated rings. The lowest BCUT2D eigenvalue weighted by atomic mass is 9.95. The summed E-state index contributed by atoms with van der Waals surface area (Å²) >= 11 is 5.83. The van der Waals surface area contributed by atoms with E-state index in [2.05, 4.69) is 67.5 Å². The first kappa shape index (κ1) is 28.1. The number of hydrogen-bond acceptors (Lipinski definition) is 6. The highest BCUT2D eigenvalue weighted by Gasteiger charge is 2.49. The summed E-state index contributed by atoms with van der Waals surface area (Å²) in [4.78, 5) is 24.4. The van der Waals surface area contributed by atoms with Crippen molar-refractivity contribution in [3.63, 3.8) is 0 Å². The number of rotatable bonds is 6. The minimum Gasteiger partial charge on any atom is -0.395 e. The van der Waals surface area contributed by atoms with Gasteiger partial charge in [-0.15, -0.1) is 13.2 Å². The number of hydroxylamine groups is 1. The van der Waals surface area contributed by atoms with E-state index in [1.165, 1.54) is 7.11 Å². The number of carbonyl (C=O) groups is 2. The first-order valence-corrected chi connectivity index (χ1v) is 15.7. The average Bonchev–Trinajstić information content (AvgIpc) is 2.75. The van der Waals surface area contributed by atoms with Gasteiger partial charge >= 0.3 is 0 Å². The van der Waals surface area contributed by atoms with Gasteiger partial charge in [-0.1, -0.05) is 11.8 Å². The van der Waals surface area contributed by atoms with Gasteiger partial charge in [-0.25, -0.2) is 5.48 Å². The maximum atomic E-state index is 12.4. The number of amides is 2. The number of methoxy groups -OCH3 is 1. The molecule has 160 valence electrons. The molecule has 1 aromatic rings. The number of nitrogens with one attached hydrogen (secondary N) is 2. The molecule has 1 unspecified atom stereocenters. The largest absolute Gasteiger partial charge is 0.395 e. The normalized spacial score (nSPS) is 14.1. The first-order valence-electron chi connectivity index (χ1n) is 8.28. The lowest BCUT2D eigenvalue weighted by Crippen LogP contribution is -2.66. The highest BCUT2D eigenvalue weighted by atomic mass is 128. The molecular formula is C19H24I2N2O5S. The summed E-state index contributed by atoms with van der Waals surface area (Å²) in [6.07, 6.45) is 0.386. The molecule has 0 spiro atoms. The SMILES string of the molecule is C=C.COC1(C(NC(=O)c2ccc(C#CCCO)cc2)C(=O)NO)CSC1.II. The number of thioether (sulfide) groups is 1. The Morgan fingerprint density at radius 1 is 1.31 bits per heavy atom. The van der Waals surface area contributed by atoms with E-state index in [9.17, 15) is 9.59 Å². The predicted octanol–water partition coefficient (Wildman–Crippen LogP) is 2.73. The molecule has 2 rings (SSSR count). The van der Waals surface area contributed by atoms with E-state index in [-0.39, 0.29) is 6.61 Å². The molecule has 4 N–H and O–H groups in total. The van der Waals surface area contributed by atoms with Crippen LogP contribution in [0.4, 0.5) is 0 Å². The Balaban J connectivity index is 0.00000184. The minimum absolute atomic E-state index is 0.00132. The molecule has 0 aromatic heterocycles. The fourth-order valence-electron chi connectivity index (χ4n) is 2.35. The third kappa shape index (κ3) is 8.42. The van der Waals surface area contributed by atoms with Gasteiger partial charge < -0.3 is 15.2 Å². The van der Waals surface area contributed by atoms with Gasteiger partial charge in [-0.3, -0.25) is 14.8 Å². The number of aliphatic hydroxyl groups excluding tert-OH is 1. The van der Waals surface area contributed by atoms with Crippen molar-refractivity contribution in [2.45, 2.75) is 18.1 Å². The Kier molecular flexibility index (Phi) is 15.5. The van der Waals surface area contributed by atoms with Crippen LogP contribution in [0.5, 0.6) is 0 Å². The van der Waals surface area contributed by atoms with Crippen LogP contribution in [0.15, 0.2) is 37.4 Å². The van der Waals surface area contributed by atoms with Crippen molar-refractivity contribution in [1.29, 1.82) is 0 Å². The molecule has 0 saturated carbocycles. The van der Waals surface area contributed by atoms with Gasteiger partial charge in [-0.2, -0.15) is 11.8 Å². The molecule has 1 aliphatic heterocycles. The van der Waals surface area contributed by atoms with E-state index < -0.39 is 23.5 Å². The molecule has 0 bridgehead atoms. The average molecular weight is 646 g/mol. The van der Waals surface area contributed by atoms with Crippen LogP contribution in [-0.4, -0.2) is 59.0 Å². The number of hydrogen-bond donors (Lipinski definition) is 4. The quantitative estimate of drug-likeness (QED) is 0.125. The molecule has 1 aliphatic rings. The second kappa shape index (κ2) is 15.9. The molecule has 0 aliphatic carbocycles. The van der Waals surface area contributed by atoms with Crippen LogP contribution >= 0.6 is 49.0 Å². The van der Waals surface area contributed by atoms with E-state index in [0.29, 0.717) is 23.5 Å². The molecule has 29 heavy (non-hydrogen) atoms. The Bertz CT molecular complexity index is 697. The maximum Gasteiger partial charge on any atom is 0.268 e. The summed E-state index contributed by atoms with van der Waals surface area (Å²) in [5.74, 6) is 5.59. The lowest BCUT2D eigenvalue weighted by Gasteiger charge is -2.44. The van der Waals surface area contributed by atoms with Gasteiger partial charge in [-0.05, 0) is 24.3 Å². The smallest absolute Gasteiger partial charge is 0.268 e. The van der Waals surface area contributed by atoms with Crippen LogP contribution in [0.1, 0.15) is 22.3 Å². The monoisotopic (exact) mass is 646 g/mol. The molecule has 0 radical (unpaired) electrons. The lowest BCUT2D eigenvalue weighted by molar-refractivity contribution is -0.138. The number of halogens is 2. The van der Waals surface area contributed by atoms with Gasteiger partial charge in [0.05, 0.1) is 6.61 Å². The standard InChI is InChI=1S/C17H20N2O5S.C2H4.I2/c1-24-17(10-25-11-17)14(16(22)19-23)18-15(21)13-7-5-12(6-8-13)4-2-3-9-20;2*1-2/h5-8,14,20,23H,3,9-11H2,1H3,(H,18,21)(H,19,22);1-2H2;. The van der Waals surface area contributed by atoms with Gasteiger partial charge in [0.15, 0.2) is 0 Å². The molecule has 10 heteroatoms. The molecule has 1 heterocycles. The van der Waals surface area contributed by atoms with E-state index in [1.54, 1.807) is 41.5 Å². The van der Waals surface area contributed by atoms with Gasteiger partial charge in [0.1, 0.15) is 11.6 Å². The Morgan fingerprint density at radius 3 is 2.31 bits per heavy atom. The highest BCUT2D eigenvalue weighted by Crippen LogP contribution is 2.35. The van der Waals surface area contributed by atoms with Crippen LogP contribution < -0.4 is 10.8 Å². The summed E-state index contributed by atoms with van der Waals surface area (Å²) in [6, 6.07) is 5.57. The summed E-state index contributed by atoms with van der Waals surface area (Å²) in [5.41, 5.74) is 1.84. The summed E-state index contributed by atoms with van der Waals surface area (Å²) < 4.78 is 5.42. The van der Waals surface area contributed by atoms with Crippen molar-refractivity contribution in [3.8, 4) is 11.8 Å². The second-order valence-corrected chi connectivity index (χ2v) is 6.48. The van der Waals surface area contributed by atoms with Crippen LogP contribution in [0.3, 0.4) is 0 Å². The van der Waals surface area contributed by atoms with Crippen LogP contribution in [0.25, 0.3) is 0 Å². The zero-order valence-corrected chi connectivity index (χ0v) is 21.0. The minimum atomic E-state index is -1.000. The van der Waals surface area contributed by atoms with Gasteiger partial charge in [0, 0.05) is 73.4 Å². The third-order valence-electron chi connectivity index (χ3n) is 3.89. The van der Waals surface area contributed by atoms with Gasteiger partial charge in [0.25, 0.3) is 11.8 Å². The van der Waals surface area contributed by atoms with Gasteiger partial charge in [0.2, 0.25) is 0 Å². The molecule has 1 atom stereocenters. The van der Waals surface area contributed by atoms with Crippen molar-refractivity contribution in [3.05, 3.63) is 48.6 Å². The number of aliphatic hydroxyl groups is 1. The molecule has 7 nitrogen and oxygen atoms in total. The van der Waals surface area contributed by atoms with Crippen LogP contribution in [-0.2, 0) is 9.53 Å². The number of benzene rings is 1. The van der Waals surface area contributed by atoms with Crippen molar-refractivity contribution in [2.75, 3.05) is 25.2 Å². The van der Waals surface area contributed by atoms with Crippen molar-refractivity contribution in [1.82, 2.24) is 10.8 Å². The number of ether oxygens (including phenoxy) is 1. The fraction of sp³-hybridized carbons (Fsp3) is 0.368. The summed E-state index contributed by atoms with van der Waals surface area (Å²) in [6.45, 7) is 6.00. The third-order valence-corrected chi connectivity index (χ3v) is 5.28. The second-order valence-electron chi connectivity index (χ2n) is 5.50. The molecule has 1 aromatic carbocycles. The van der Waals surface area contributed by atoms with Crippen molar-refractivity contribution in [2.24, 2.45) is 0 Å².